The van der Waals surface area contributed by atoms with Gasteiger partial charge in [0.25, 0.3) is 10.1 Å². The van der Waals surface area contributed by atoms with E-state index < -0.39 is 22.0 Å². The Bertz CT molecular complexity index is 1100. The Hall–Kier alpha value is -2.00. The third-order valence-corrected chi connectivity index (χ3v) is 7.17. The summed E-state index contributed by atoms with van der Waals surface area (Å²) in [4.78, 5) is 11.6. The molecule has 0 fully saturated rings. The number of rotatable bonds is 8. The van der Waals surface area contributed by atoms with Crippen molar-refractivity contribution in [2.24, 2.45) is 5.92 Å². The van der Waals surface area contributed by atoms with Crippen molar-refractivity contribution in [3.8, 4) is 0 Å². The van der Waals surface area contributed by atoms with E-state index in [1.54, 1.807) is 0 Å². The number of hydrogen-bond acceptors (Lipinski definition) is 7. The van der Waals surface area contributed by atoms with Crippen LogP contribution in [-0.4, -0.2) is 51.3 Å². The molecule has 0 aromatic carbocycles. The van der Waals surface area contributed by atoms with Crippen LogP contribution in [0.2, 0.25) is 0 Å². The number of ether oxygens (including phenoxy) is 3. The Morgan fingerprint density at radius 1 is 1.17 bits per heavy atom. The van der Waals surface area contributed by atoms with Crippen molar-refractivity contribution in [2.45, 2.75) is 91.3 Å². The molecular formula is C28H40O7S. The maximum absolute atomic E-state index is 11.8. The maximum atomic E-state index is 11.8. The van der Waals surface area contributed by atoms with Crippen LogP contribution in [-0.2, 0) is 33.3 Å². The van der Waals surface area contributed by atoms with Gasteiger partial charge < -0.3 is 14.2 Å². The van der Waals surface area contributed by atoms with Gasteiger partial charge in [-0.05, 0) is 83.6 Å². The smallest absolute Gasteiger partial charge is 0.302 e. The summed E-state index contributed by atoms with van der Waals surface area (Å²) in [5.74, 6) is -1.69. The van der Waals surface area contributed by atoms with Crippen LogP contribution in [0.1, 0.15) is 67.2 Å². The molecule has 5 atom stereocenters. The van der Waals surface area contributed by atoms with E-state index in [1.165, 1.54) is 18.1 Å². The lowest BCUT2D eigenvalue weighted by atomic mass is 9.78. The first kappa shape index (κ1) is 28.6. The van der Waals surface area contributed by atoms with Gasteiger partial charge in [-0.15, -0.1) is 0 Å². The SMILES string of the molecule is CC(=O)OCC1=C[C@]2(C=C(C)C[C@@H](/C=C(\C)CCC=C(C)C)O2)O[C@@H]2C=C(C)[C@H](OS(C)(=O)=O)C[C@H]12. The van der Waals surface area contributed by atoms with Gasteiger partial charge >= 0.3 is 5.97 Å². The highest BCUT2D eigenvalue weighted by Gasteiger charge is 2.46. The fourth-order valence-corrected chi connectivity index (χ4v) is 5.69. The fourth-order valence-electron chi connectivity index (χ4n) is 5.04. The lowest BCUT2D eigenvalue weighted by molar-refractivity contribution is -0.226. The third kappa shape index (κ3) is 8.00. The van der Waals surface area contributed by atoms with Crippen LogP contribution in [0.15, 0.2) is 58.2 Å². The van der Waals surface area contributed by atoms with Crippen LogP contribution in [0.5, 0.6) is 0 Å². The van der Waals surface area contributed by atoms with E-state index in [-0.39, 0.29) is 30.7 Å². The molecule has 0 saturated heterocycles. The van der Waals surface area contributed by atoms with Gasteiger partial charge in [-0.25, -0.2) is 0 Å². The van der Waals surface area contributed by atoms with Gasteiger partial charge in [-0.1, -0.05) is 34.9 Å². The molecule has 3 rings (SSSR count). The molecule has 7 nitrogen and oxygen atoms in total. The Kier molecular flexibility index (Phi) is 9.20. The molecule has 0 amide bonds. The van der Waals surface area contributed by atoms with E-state index in [9.17, 15) is 13.2 Å². The molecule has 0 radical (unpaired) electrons. The van der Waals surface area contributed by atoms with Crippen LogP contribution in [0, 0.1) is 5.92 Å². The normalized spacial score (nSPS) is 30.6. The van der Waals surface area contributed by atoms with Crippen LogP contribution in [0.25, 0.3) is 0 Å². The van der Waals surface area contributed by atoms with E-state index in [0.29, 0.717) is 6.42 Å². The summed E-state index contributed by atoms with van der Waals surface area (Å²) in [5.41, 5.74) is 5.34. The molecule has 0 N–H and O–H groups in total. The minimum atomic E-state index is -3.63. The van der Waals surface area contributed by atoms with Crippen molar-refractivity contribution < 1.29 is 31.6 Å². The Morgan fingerprint density at radius 2 is 1.89 bits per heavy atom. The number of carbonyl (C=O) groups is 1. The van der Waals surface area contributed by atoms with Gasteiger partial charge in [-0.3, -0.25) is 8.98 Å². The first-order valence-corrected chi connectivity index (χ1v) is 14.3. The number of fused-ring (bicyclic) bond motifs is 1. The minimum Gasteiger partial charge on any atom is -0.461 e. The lowest BCUT2D eigenvalue weighted by Crippen LogP contribution is -2.50. The molecule has 0 aromatic heterocycles. The van der Waals surface area contributed by atoms with Crippen molar-refractivity contribution in [3.05, 3.63) is 58.2 Å². The van der Waals surface area contributed by atoms with E-state index in [0.717, 1.165) is 42.2 Å². The Morgan fingerprint density at radius 3 is 2.53 bits per heavy atom. The number of carbonyl (C=O) groups excluding carboxylic acids is 1. The highest BCUT2D eigenvalue weighted by molar-refractivity contribution is 7.86. The molecule has 0 bridgehead atoms. The zero-order chi connectivity index (χ0) is 26.7. The van der Waals surface area contributed by atoms with Crippen molar-refractivity contribution >= 4 is 16.1 Å². The summed E-state index contributed by atoms with van der Waals surface area (Å²) in [5, 5.41) is 0. The van der Waals surface area contributed by atoms with Crippen LogP contribution in [0.3, 0.4) is 0 Å². The average molecular weight is 521 g/mol. The minimum absolute atomic E-state index is 0.0819. The molecule has 2 heterocycles. The zero-order valence-electron chi connectivity index (χ0n) is 22.5. The maximum Gasteiger partial charge on any atom is 0.302 e. The van der Waals surface area contributed by atoms with Gasteiger partial charge in [0.2, 0.25) is 5.79 Å². The first-order chi connectivity index (χ1) is 16.7. The molecular weight excluding hydrogens is 480 g/mol. The van der Waals surface area contributed by atoms with Gasteiger partial charge in [0.15, 0.2) is 0 Å². The van der Waals surface area contributed by atoms with Crippen molar-refractivity contribution in [1.29, 1.82) is 0 Å². The molecule has 2 aliphatic heterocycles. The molecule has 0 saturated carbocycles. The van der Waals surface area contributed by atoms with E-state index in [1.807, 2.05) is 25.2 Å². The van der Waals surface area contributed by atoms with Crippen molar-refractivity contribution in [2.75, 3.05) is 12.9 Å². The van der Waals surface area contributed by atoms with Gasteiger partial charge in [0.05, 0.1) is 24.6 Å². The third-order valence-electron chi connectivity index (χ3n) is 6.58. The standard InChI is InChI=1S/C28H40O7S/c1-18(2)9-8-10-19(3)11-24-12-20(4)15-28(33-24)16-23(17-32-22(6)29)25-14-26(35-36(7,30)31)21(5)13-27(25)34-28/h9,11,13,15-16,24-27H,8,10,12,14,17H2,1-7H3/b19-11+/t24-,25-,26-,27-,28+/m1/s1. The van der Waals surface area contributed by atoms with Crippen molar-refractivity contribution in [1.82, 2.24) is 0 Å². The van der Waals surface area contributed by atoms with Gasteiger partial charge in [-0.2, -0.15) is 8.42 Å². The first-order valence-electron chi connectivity index (χ1n) is 12.5. The number of allylic oxidation sites excluding steroid dienone is 3. The van der Waals surface area contributed by atoms with Crippen LogP contribution >= 0.6 is 0 Å². The second kappa shape index (κ2) is 11.6. The second-order valence-corrected chi connectivity index (χ2v) is 12.1. The monoisotopic (exact) mass is 520 g/mol. The largest absolute Gasteiger partial charge is 0.461 e. The molecule has 3 aliphatic rings. The molecule has 200 valence electrons. The topological polar surface area (TPSA) is 88.1 Å². The number of hydrogen-bond donors (Lipinski definition) is 0. The van der Waals surface area contributed by atoms with Gasteiger partial charge in [0, 0.05) is 12.8 Å². The second-order valence-electron chi connectivity index (χ2n) is 10.5. The highest BCUT2D eigenvalue weighted by Crippen LogP contribution is 2.44. The van der Waals surface area contributed by atoms with E-state index in [4.69, 9.17) is 18.4 Å². The summed E-state index contributed by atoms with van der Waals surface area (Å²) in [6, 6.07) is 0. The summed E-state index contributed by atoms with van der Waals surface area (Å²) >= 11 is 0. The number of esters is 1. The molecule has 8 heteroatoms. The quantitative estimate of drug-likeness (QED) is 0.243. The summed E-state index contributed by atoms with van der Waals surface area (Å²) in [7, 11) is -3.63. The van der Waals surface area contributed by atoms with Crippen molar-refractivity contribution in [3.63, 3.8) is 0 Å². The average Bonchev–Trinajstić information content (AvgIpc) is 2.71. The highest BCUT2D eigenvalue weighted by atomic mass is 32.2. The molecule has 1 aliphatic carbocycles. The Labute approximate surface area is 216 Å². The lowest BCUT2D eigenvalue weighted by Gasteiger charge is -2.46. The predicted molar refractivity (Wildman–Crippen MR) is 140 cm³/mol. The molecule has 0 unspecified atom stereocenters. The summed E-state index contributed by atoms with van der Waals surface area (Å²) in [6.07, 6.45) is 13.2. The van der Waals surface area contributed by atoms with E-state index >= 15 is 0 Å². The predicted octanol–water partition coefficient (Wildman–Crippen LogP) is 5.31. The Balaban J connectivity index is 1.90. The van der Waals surface area contributed by atoms with Crippen LogP contribution < -0.4 is 0 Å². The molecule has 1 spiro atoms. The summed E-state index contributed by atoms with van der Waals surface area (Å²) in [6.45, 7) is 11.7. The summed E-state index contributed by atoms with van der Waals surface area (Å²) < 4.78 is 47.4. The molecule has 36 heavy (non-hydrogen) atoms. The van der Waals surface area contributed by atoms with Gasteiger partial charge in [0.1, 0.15) is 6.61 Å². The van der Waals surface area contributed by atoms with Crippen LogP contribution in [0.4, 0.5) is 0 Å². The molecule has 0 aromatic rings. The zero-order valence-corrected chi connectivity index (χ0v) is 23.3. The van der Waals surface area contributed by atoms with E-state index in [2.05, 4.69) is 39.8 Å². The fraction of sp³-hybridized carbons (Fsp3) is 0.607.